The summed E-state index contributed by atoms with van der Waals surface area (Å²) in [6.45, 7) is 2.76. The molecule has 1 aromatic carbocycles. The van der Waals surface area contributed by atoms with Gasteiger partial charge in [-0.25, -0.2) is 0 Å². The lowest BCUT2D eigenvalue weighted by molar-refractivity contribution is -0.141. The average Bonchev–Trinajstić information content (AvgIpc) is 2.66. The van der Waals surface area contributed by atoms with Crippen molar-refractivity contribution in [2.24, 2.45) is 0 Å². The highest BCUT2D eigenvalue weighted by Gasteiger charge is 2.29. The lowest BCUT2D eigenvalue weighted by Crippen LogP contribution is -2.23. The molecule has 1 atom stereocenters. The Morgan fingerprint density at radius 3 is 3.12 bits per heavy atom. The highest BCUT2D eigenvalue weighted by molar-refractivity contribution is 5.88. The SMILES string of the molecule is Cc1ccc2[nH]c3c(c2c1)COCC3C(=O)O. The molecule has 0 aliphatic carbocycles. The molecule has 2 aromatic rings. The number of nitrogens with one attached hydrogen (secondary N) is 1. The number of fused-ring (bicyclic) bond motifs is 3. The van der Waals surface area contributed by atoms with Crippen LogP contribution in [0.3, 0.4) is 0 Å². The van der Waals surface area contributed by atoms with Crippen molar-refractivity contribution >= 4 is 16.9 Å². The molecule has 3 rings (SSSR count). The fraction of sp³-hybridized carbons (Fsp3) is 0.308. The van der Waals surface area contributed by atoms with E-state index in [-0.39, 0.29) is 6.61 Å². The molecule has 0 bridgehead atoms. The number of carboxylic acids is 1. The molecule has 1 aliphatic heterocycles. The fourth-order valence-corrected chi connectivity index (χ4v) is 2.39. The van der Waals surface area contributed by atoms with Crippen LogP contribution in [0.2, 0.25) is 0 Å². The second kappa shape index (κ2) is 3.60. The molecule has 0 saturated carbocycles. The number of rotatable bonds is 1. The number of aryl methyl sites for hydroxylation is 1. The molecule has 17 heavy (non-hydrogen) atoms. The van der Waals surface area contributed by atoms with E-state index >= 15 is 0 Å². The minimum atomic E-state index is -0.839. The first kappa shape index (κ1) is 10.4. The predicted molar refractivity (Wildman–Crippen MR) is 63.1 cm³/mol. The van der Waals surface area contributed by atoms with Crippen molar-refractivity contribution in [3.8, 4) is 0 Å². The number of benzene rings is 1. The minimum Gasteiger partial charge on any atom is -0.481 e. The van der Waals surface area contributed by atoms with Gasteiger partial charge in [0.1, 0.15) is 5.92 Å². The third-order valence-corrected chi connectivity index (χ3v) is 3.27. The van der Waals surface area contributed by atoms with Crippen LogP contribution in [-0.4, -0.2) is 22.7 Å². The molecule has 0 fully saturated rings. The van der Waals surface area contributed by atoms with E-state index in [2.05, 4.69) is 11.1 Å². The molecular formula is C13H13NO3. The van der Waals surface area contributed by atoms with Crippen molar-refractivity contribution in [1.82, 2.24) is 4.98 Å². The summed E-state index contributed by atoms with van der Waals surface area (Å²) >= 11 is 0. The summed E-state index contributed by atoms with van der Waals surface area (Å²) < 4.78 is 5.38. The van der Waals surface area contributed by atoms with Crippen molar-refractivity contribution < 1.29 is 14.6 Å². The smallest absolute Gasteiger partial charge is 0.314 e. The lowest BCUT2D eigenvalue weighted by atomic mass is 9.99. The van der Waals surface area contributed by atoms with Crippen LogP contribution in [-0.2, 0) is 16.1 Å². The maximum absolute atomic E-state index is 11.2. The van der Waals surface area contributed by atoms with Crippen molar-refractivity contribution in [2.45, 2.75) is 19.4 Å². The van der Waals surface area contributed by atoms with Crippen LogP contribution in [0.4, 0.5) is 0 Å². The maximum atomic E-state index is 11.2. The molecule has 0 radical (unpaired) electrons. The van der Waals surface area contributed by atoms with Crippen LogP contribution in [0.5, 0.6) is 0 Å². The van der Waals surface area contributed by atoms with E-state index in [0.717, 1.165) is 27.7 Å². The van der Waals surface area contributed by atoms with Gasteiger partial charge in [0, 0.05) is 22.2 Å². The van der Waals surface area contributed by atoms with Gasteiger partial charge in [0.05, 0.1) is 13.2 Å². The van der Waals surface area contributed by atoms with E-state index in [1.54, 1.807) is 0 Å². The van der Waals surface area contributed by atoms with Gasteiger partial charge in [0.25, 0.3) is 0 Å². The molecule has 0 amide bonds. The summed E-state index contributed by atoms with van der Waals surface area (Å²) in [5, 5.41) is 10.2. The Balaban J connectivity index is 2.25. The Hall–Kier alpha value is -1.81. The summed E-state index contributed by atoms with van der Waals surface area (Å²) in [5.74, 6) is -1.42. The summed E-state index contributed by atoms with van der Waals surface area (Å²) in [6.07, 6.45) is 0. The van der Waals surface area contributed by atoms with Crippen LogP contribution >= 0.6 is 0 Å². The molecular weight excluding hydrogens is 218 g/mol. The molecule has 1 unspecified atom stereocenters. The zero-order valence-electron chi connectivity index (χ0n) is 9.49. The van der Waals surface area contributed by atoms with Crippen molar-refractivity contribution in [1.29, 1.82) is 0 Å². The van der Waals surface area contributed by atoms with Gasteiger partial charge >= 0.3 is 5.97 Å². The second-order valence-corrected chi connectivity index (χ2v) is 4.47. The molecule has 0 spiro atoms. The standard InChI is InChI=1S/C13H13NO3/c1-7-2-3-11-8(4-7)9-5-17-6-10(13(15)16)12(9)14-11/h2-4,10,14H,5-6H2,1H3,(H,15,16). The Labute approximate surface area is 98.2 Å². The maximum Gasteiger partial charge on any atom is 0.314 e. The highest BCUT2D eigenvalue weighted by Crippen LogP contribution is 2.32. The summed E-state index contributed by atoms with van der Waals surface area (Å²) in [4.78, 5) is 14.4. The lowest BCUT2D eigenvalue weighted by Gasteiger charge is -2.19. The van der Waals surface area contributed by atoms with E-state index < -0.39 is 11.9 Å². The van der Waals surface area contributed by atoms with E-state index in [9.17, 15) is 4.79 Å². The third-order valence-electron chi connectivity index (χ3n) is 3.27. The Morgan fingerprint density at radius 1 is 1.53 bits per heavy atom. The predicted octanol–water partition coefficient (Wildman–Crippen LogP) is 2.17. The van der Waals surface area contributed by atoms with Gasteiger partial charge in [0.15, 0.2) is 0 Å². The van der Waals surface area contributed by atoms with Gasteiger partial charge < -0.3 is 14.8 Å². The van der Waals surface area contributed by atoms with Gasteiger partial charge in [-0.15, -0.1) is 0 Å². The van der Waals surface area contributed by atoms with Gasteiger partial charge in [-0.3, -0.25) is 4.79 Å². The average molecular weight is 231 g/mol. The number of aromatic nitrogens is 1. The second-order valence-electron chi connectivity index (χ2n) is 4.47. The summed E-state index contributed by atoms with van der Waals surface area (Å²) in [6, 6.07) is 6.07. The Bertz CT molecular complexity index is 600. The minimum absolute atomic E-state index is 0.244. The van der Waals surface area contributed by atoms with Crippen molar-refractivity contribution in [3.63, 3.8) is 0 Å². The normalized spacial score (nSPS) is 19.2. The number of H-pyrrole nitrogens is 1. The van der Waals surface area contributed by atoms with Crippen LogP contribution in [0.25, 0.3) is 10.9 Å². The van der Waals surface area contributed by atoms with E-state index in [1.165, 1.54) is 0 Å². The first-order chi connectivity index (χ1) is 8.16. The number of ether oxygens (including phenoxy) is 1. The largest absolute Gasteiger partial charge is 0.481 e. The molecule has 4 nitrogen and oxygen atoms in total. The van der Waals surface area contributed by atoms with E-state index in [0.29, 0.717) is 6.61 Å². The van der Waals surface area contributed by atoms with Gasteiger partial charge in [-0.2, -0.15) is 0 Å². The van der Waals surface area contributed by atoms with E-state index in [4.69, 9.17) is 9.84 Å². The van der Waals surface area contributed by atoms with Gasteiger partial charge in [0.2, 0.25) is 0 Å². The Morgan fingerprint density at radius 2 is 2.35 bits per heavy atom. The molecule has 88 valence electrons. The third kappa shape index (κ3) is 1.52. The van der Waals surface area contributed by atoms with Gasteiger partial charge in [-0.05, 0) is 19.1 Å². The van der Waals surface area contributed by atoms with Crippen molar-refractivity contribution in [3.05, 3.63) is 35.0 Å². The van der Waals surface area contributed by atoms with Crippen molar-refractivity contribution in [2.75, 3.05) is 6.61 Å². The van der Waals surface area contributed by atoms with Gasteiger partial charge in [-0.1, -0.05) is 11.6 Å². The zero-order valence-corrected chi connectivity index (χ0v) is 9.49. The number of hydrogen-bond donors (Lipinski definition) is 2. The summed E-state index contributed by atoms with van der Waals surface area (Å²) in [5.41, 5.74) is 3.93. The summed E-state index contributed by atoms with van der Waals surface area (Å²) in [7, 11) is 0. The topological polar surface area (TPSA) is 62.3 Å². The molecule has 2 N–H and O–H groups in total. The molecule has 2 heterocycles. The monoisotopic (exact) mass is 231 g/mol. The Kier molecular flexibility index (Phi) is 2.19. The first-order valence-electron chi connectivity index (χ1n) is 5.58. The number of hydrogen-bond acceptors (Lipinski definition) is 2. The molecule has 1 aromatic heterocycles. The number of aromatic amines is 1. The van der Waals surface area contributed by atoms with E-state index in [1.807, 2.05) is 19.1 Å². The fourth-order valence-electron chi connectivity index (χ4n) is 2.39. The molecule has 0 saturated heterocycles. The number of carboxylic acid groups (broad SMARTS) is 1. The van der Waals surface area contributed by atoms with Crippen LogP contribution in [0.1, 0.15) is 22.7 Å². The molecule has 4 heteroatoms. The molecule has 1 aliphatic rings. The zero-order chi connectivity index (χ0) is 12.0. The first-order valence-corrected chi connectivity index (χ1v) is 5.58. The number of aliphatic carboxylic acids is 1. The number of carbonyl (C=O) groups is 1. The quantitative estimate of drug-likeness (QED) is 0.790. The van der Waals surface area contributed by atoms with Crippen LogP contribution in [0, 0.1) is 6.92 Å². The van der Waals surface area contributed by atoms with Crippen LogP contribution in [0.15, 0.2) is 18.2 Å². The van der Waals surface area contributed by atoms with Crippen LogP contribution < -0.4 is 0 Å². The highest BCUT2D eigenvalue weighted by atomic mass is 16.5.